The highest BCUT2D eigenvalue weighted by Crippen LogP contribution is 2.20. The van der Waals surface area contributed by atoms with Crippen LogP contribution >= 0.6 is 0 Å². The number of nitrogens with zero attached hydrogens (tertiary/aromatic N) is 1. The van der Waals surface area contributed by atoms with Crippen molar-refractivity contribution in [3.05, 3.63) is 29.8 Å². The smallest absolute Gasteiger partial charge is 0.222 e. The van der Waals surface area contributed by atoms with E-state index in [2.05, 4.69) is 0 Å². The molecule has 1 heterocycles. The lowest BCUT2D eigenvalue weighted by Gasteiger charge is -2.34. The number of piperidine rings is 1. The van der Waals surface area contributed by atoms with Crippen LogP contribution in [0.4, 0.5) is 8.78 Å². The molecule has 0 aromatic heterocycles. The van der Waals surface area contributed by atoms with Crippen molar-refractivity contribution in [3.63, 3.8) is 0 Å². The molecule has 0 bridgehead atoms. The molecule has 1 saturated heterocycles. The van der Waals surface area contributed by atoms with E-state index in [9.17, 15) is 13.6 Å². The van der Waals surface area contributed by atoms with Crippen LogP contribution in [0.15, 0.2) is 18.2 Å². The summed E-state index contributed by atoms with van der Waals surface area (Å²) in [5, 5.41) is 0. The lowest BCUT2D eigenvalue weighted by molar-refractivity contribution is -0.133. The third-order valence-electron chi connectivity index (χ3n) is 4.24. The molecule has 0 saturated carbocycles. The molecule has 23 heavy (non-hydrogen) atoms. The lowest BCUT2D eigenvalue weighted by Crippen LogP contribution is -2.45. The molecule has 4 nitrogen and oxygen atoms in total. The van der Waals surface area contributed by atoms with Crippen LogP contribution in [0.25, 0.3) is 0 Å². The molecule has 0 aliphatic carbocycles. The number of rotatable bonds is 6. The Balaban J connectivity index is 1.72. The van der Waals surface area contributed by atoms with Crippen molar-refractivity contribution in [1.29, 1.82) is 0 Å². The fraction of sp³-hybridized carbons (Fsp3) is 0.588. The Morgan fingerprint density at radius 1 is 1.48 bits per heavy atom. The number of likely N-dealkylation sites (tertiary alicyclic amines) is 1. The first-order valence-corrected chi connectivity index (χ1v) is 8.08. The summed E-state index contributed by atoms with van der Waals surface area (Å²) >= 11 is 0. The van der Waals surface area contributed by atoms with Crippen LogP contribution in [-0.2, 0) is 4.79 Å². The van der Waals surface area contributed by atoms with Crippen molar-refractivity contribution in [3.8, 4) is 5.75 Å². The summed E-state index contributed by atoms with van der Waals surface area (Å²) in [5.74, 6) is -0.921. The number of halogens is 2. The van der Waals surface area contributed by atoms with Crippen molar-refractivity contribution in [2.24, 2.45) is 11.7 Å². The van der Waals surface area contributed by atoms with Gasteiger partial charge in [-0.2, -0.15) is 0 Å². The number of carbonyl (C=O) groups is 1. The monoisotopic (exact) mass is 326 g/mol. The topological polar surface area (TPSA) is 55.6 Å². The first kappa shape index (κ1) is 17.7. The van der Waals surface area contributed by atoms with Crippen LogP contribution in [-0.4, -0.2) is 36.5 Å². The van der Waals surface area contributed by atoms with Crippen molar-refractivity contribution < 1.29 is 18.3 Å². The first-order chi connectivity index (χ1) is 11.0. The van der Waals surface area contributed by atoms with Gasteiger partial charge in [0.25, 0.3) is 0 Å². The van der Waals surface area contributed by atoms with Gasteiger partial charge >= 0.3 is 0 Å². The van der Waals surface area contributed by atoms with Crippen LogP contribution in [0.1, 0.15) is 32.6 Å². The average molecular weight is 326 g/mol. The van der Waals surface area contributed by atoms with Crippen molar-refractivity contribution in [2.75, 3.05) is 19.7 Å². The van der Waals surface area contributed by atoms with E-state index >= 15 is 0 Å². The standard InChI is InChI=1S/C17H24F2N2O2/c1-12(20)13-4-2-8-21(11-13)17(22)5-3-9-23-16-7-6-14(18)10-15(16)19/h6-7,10,12-13H,2-5,8-9,11,20H2,1H3. The van der Waals surface area contributed by atoms with Gasteiger partial charge in [0, 0.05) is 31.6 Å². The summed E-state index contributed by atoms with van der Waals surface area (Å²) in [6, 6.07) is 3.27. The number of hydrogen-bond donors (Lipinski definition) is 1. The second-order valence-corrected chi connectivity index (χ2v) is 6.13. The molecule has 0 spiro atoms. The van der Waals surface area contributed by atoms with Crippen LogP contribution in [0.2, 0.25) is 0 Å². The molecule has 2 atom stereocenters. The van der Waals surface area contributed by atoms with Gasteiger partial charge in [-0.25, -0.2) is 8.78 Å². The molecule has 1 aliphatic heterocycles. The normalized spacial score (nSPS) is 19.5. The predicted molar refractivity (Wildman–Crippen MR) is 84.0 cm³/mol. The Kier molecular flexibility index (Phi) is 6.33. The quantitative estimate of drug-likeness (QED) is 0.818. The average Bonchev–Trinajstić information content (AvgIpc) is 2.53. The summed E-state index contributed by atoms with van der Waals surface area (Å²) < 4.78 is 31.4. The molecule has 1 amide bonds. The van der Waals surface area contributed by atoms with Gasteiger partial charge in [0.1, 0.15) is 5.82 Å². The maximum atomic E-state index is 13.4. The molecule has 2 N–H and O–H groups in total. The molecule has 128 valence electrons. The molecule has 6 heteroatoms. The van der Waals surface area contributed by atoms with E-state index in [4.69, 9.17) is 10.5 Å². The van der Waals surface area contributed by atoms with E-state index in [0.29, 0.717) is 25.3 Å². The van der Waals surface area contributed by atoms with E-state index in [0.717, 1.165) is 31.5 Å². The molecule has 2 unspecified atom stereocenters. The Morgan fingerprint density at radius 2 is 2.26 bits per heavy atom. The number of hydrogen-bond acceptors (Lipinski definition) is 3. The van der Waals surface area contributed by atoms with Crippen molar-refractivity contribution in [1.82, 2.24) is 4.90 Å². The molecule has 1 aromatic carbocycles. The second kappa shape index (κ2) is 8.24. The number of amides is 1. The Morgan fingerprint density at radius 3 is 2.96 bits per heavy atom. The zero-order valence-corrected chi connectivity index (χ0v) is 13.4. The third kappa shape index (κ3) is 5.16. The Bertz CT molecular complexity index is 537. The van der Waals surface area contributed by atoms with Crippen LogP contribution in [0.3, 0.4) is 0 Å². The highest BCUT2D eigenvalue weighted by Gasteiger charge is 2.25. The van der Waals surface area contributed by atoms with Gasteiger partial charge in [-0.15, -0.1) is 0 Å². The van der Waals surface area contributed by atoms with E-state index < -0.39 is 11.6 Å². The maximum Gasteiger partial charge on any atom is 0.222 e. The Hall–Kier alpha value is -1.69. The SMILES string of the molecule is CC(N)C1CCCN(C(=O)CCCOc2ccc(F)cc2F)C1. The third-order valence-corrected chi connectivity index (χ3v) is 4.24. The molecule has 1 aliphatic rings. The fourth-order valence-corrected chi connectivity index (χ4v) is 2.82. The van der Waals surface area contributed by atoms with Crippen molar-refractivity contribution >= 4 is 5.91 Å². The minimum Gasteiger partial charge on any atom is -0.491 e. The summed E-state index contributed by atoms with van der Waals surface area (Å²) in [4.78, 5) is 14.1. The molecular weight excluding hydrogens is 302 g/mol. The summed E-state index contributed by atoms with van der Waals surface area (Å²) in [6.45, 7) is 3.68. The van der Waals surface area contributed by atoms with Gasteiger partial charge in [-0.1, -0.05) is 0 Å². The molecule has 2 rings (SSSR count). The van der Waals surface area contributed by atoms with Gasteiger partial charge in [0.15, 0.2) is 11.6 Å². The maximum absolute atomic E-state index is 13.4. The van der Waals surface area contributed by atoms with Gasteiger partial charge in [0.05, 0.1) is 6.61 Å². The fourth-order valence-electron chi connectivity index (χ4n) is 2.82. The highest BCUT2D eigenvalue weighted by atomic mass is 19.1. The van der Waals surface area contributed by atoms with Gasteiger partial charge < -0.3 is 15.4 Å². The second-order valence-electron chi connectivity index (χ2n) is 6.13. The van der Waals surface area contributed by atoms with Crippen LogP contribution < -0.4 is 10.5 Å². The molecule has 1 aromatic rings. The number of carbonyl (C=O) groups excluding carboxylic acids is 1. The zero-order valence-electron chi connectivity index (χ0n) is 13.4. The molecule has 1 fully saturated rings. The van der Waals surface area contributed by atoms with E-state index in [-0.39, 0.29) is 24.3 Å². The number of benzene rings is 1. The van der Waals surface area contributed by atoms with Crippen LogP contribution in [0.5, 0.6) is 5.75 Å². The zero-order chi connectivity index (χ0) is 16.8. The first-order valence-electron chi connectivity index (χ1n) is 8.08. The highest BCUT2D eigenvalue weighted by molar-refractivity contribution is 5.76. The summed E-state index contributed by atoms with van der Waals surface area (Å²) in [5.41, 5.74) is 5.92. The summed E-state index contributed by atoms with van der Waals surface area (Å²) in [6.07, 6.45) is 2.90. The van der Waals surface area contributed by atoms with Crippen LogP contribution in [0, 0.1) is 17.6 Å². The minimum absolute atomic E-state index is 0.00819. The van der Waals surface area contributed by atoms with E-state index in [1.54, 1.807) is 0 Å². The van der Waals surface area contributed by atoms with Crippen molar-refractivity contribution in [2.45, 2.75) is 38.6 Å². The van der Waals surface area contributed by atoms with Gasteiger partial charge in [-0.05, 0) is 44.2 Å². The number of ether oxygens (including phenoxy) is 1. The summed E-state index contributed by atoms with van der Waals surface area (Å²) in [7, 11) is 0. The molecular formula is C17H24F2N2O2. The lowest BCUT2D eigenvalue weighted by atomic mass is 9.92. The van der Waals surface area contributed by atoms with E-state index in [1.807, 2.05) is 11.8 Å². The Labute approximate surface area is 135 Å². The minimum atomic E-state index is -0.730. The van der Waals surface area contributed by atoms with E-state index in [1.165, 1.54) is 6.07 Å². The van der Waals surface area contributed by atoms with Gasteiger partial charge in [-0.3, -0.25) is 4.79 Å². The van der Waals surface area contributed by atoms with Gasteiger partial charge in [0.2, 0.25) is 5.91 Å². The molecule has 0 radical (unpaired) electrons. The number of nitrogens with two attached hydrogens (primary N) is 1. The largest absolute Gasteiger partial charge is 0.491 e. The predicted octanol–water partition coefficient (Wildman–Crippen LogP) is 2.71.